The van der Waals surface area contributed by atoms with Crippen LogP contribution in [0.2, 0.25) is 0 Å². The van der Waals surface area contributed by atoms with Gasteiger partial charge in [-0.1, -0.05) is 6.92 Å². The minimum Gasteiger partial charge on any atom is -0.480 e. The molecular formula is C11H19NO2. The standard InChI is InChI=1S/C11H19NO2/c1-7-5-8(2)12(6-7)10(11(13)14)9-3-4-9/h7-10H,3-6H2,1-2H3,(H,13,14). The summed E-state index contributed by atoms with van der Waals surface area (Å²) < 4.78 is 0. The van der Waals surface area contributed by atoms with Crippen molar-refractivity contribution in [1.29, 1.82) is 0 Å². The molecule has 1 aliphatic heterocycles. The molecule has 14 heavy (non-hydrogen) atoms. The van der Waals surface area contributed by atoms with Gasteiger partial charge < -0.3 is 5.11 Å². The number of nitrogens with zero attached hydrogens (tertiary/aromatic N) is 1. The molecule has 0 aromatic carbocycles. The van der Waals surface area contributed by atoms with E-state index in [1.54, 1.807) is 0 Å². The summed E-state index contributed by atoms with van der Waals surface area (Å²) in [6.07, 6.45) is 3.36. The smallest absolute Gasteiger partial charge is 0.321 e. The predicted molar refractivity (Wildman–Crippen MR) is 54.1 cm³/mol. The highest BCUT2D eigenvalue weighted by Crippen LogP contribution is 2.38. The first-order valence-corrected chi connectivity index (χ1v) is 5.58. The molecule has 0 aromatic rings. The third kappa shape index (κ3) is 1.78. The van der Waals surface area contributed by atoms with Gasteiger partial charge in [0.25, 0.3) is 0 Å². The number of carbonyl (C=O) groups is 1. The fraction of sp³-hybridized carbons (Fsp3) is 0.909. The number of carboxylic acid groups (broad SMARTS) is 1. The maximum absolute atomic E-state index is 11.2. The van der Waals surface area contributed by atoms with Crippen LogP contribution in [0.5, 0.6) is 0 Å². The van der Waals surface area contributed by atoms with Crippen molar-refractivity contribution in [3.05, 3.63) is 0 Å². The molecule has 0 spiro atoms. The van der Waals surface area contributed by atoms with Crippen molar-refractivity contribution < 1.29 is 9.90 Å². The van der Waals surface area contributed by atoms with Gasteiger partial charge in [0.1, 0.15) is 6.04 Å². The average Bonchev–Trinajstić information content (AvgIpc) is 2.81. The van der Waals surface area contributed by atoms with Crippen LogP contribution in [-0.4, -0.2) is 34.6 Å². The van der Waals surface area contributed by atoms with Gasteiger partial charge in [-0.2, -0.15) is 0 Å². The maximum Gasteiger partial charge on any atom is 0.321 e. The zero-order valence-corrected chi connectivity index (χ0v) is 8.94. The molecular weight excluding hydrogens is 178 g/mol. The highest BCUT2D eigenvalue weighted by atomic mass is 16.4. The third-order valence-electron chi connectivity index (χ3n) is 3.51. The number of rotatable bonds is 3. The van der Waals surface area contributed by atoms with E-state index >= 15 is 0 Å². The number of likely N-dealkylation sites (tertiary alicyclic amines) is 1. The molecule has 2 rings (SSSR count). The van der Waals surface area contributed by atoms with Crippen LogP contribution >= 0.6 is 0 Å². The molecule has 3 nitrogen and oxygen atoms in total. The average molecular weight is 197 g/mol. The van der Waals surface area contributed by atoms with Gasteiger partial charge in [-0.05, 0) is 38.0 Å². The summed E-state index contributed by atoms with van der Waals surface area (Å²) in [6, 6.07) is 0.252. The summed E-state index contributed by atoms with van der Waals surface area (Å²) in [5.74, 6) is 0.472. The van der Waals surface area contributed by atoms with E-state index in [-0.39, 0.29) is 6.04 Å². The Balaban J connectivity index is 2.06. The van der Waals surface area contributed by atoms with E-state index in [4.69, 9.17) is 0 Å². The molecule has 1 saturated heterocycles. The van der Waals surface area contributed by atoms with Gasteiger partial charge in [0.2, 0.25) is 0 Å². The Morgan fingerprint density at radius 1 is 1.43 bits per heavy atom. The maximum atomic E-state index is 11.2. The molecule has 1 saturated carbocycles. The monoisotopic (exact) mass is 197 g/mol. The molecule has 80 valence electrons. The van der Waals surface area contributed by atoms with E-state index in [1.165, 1.54) is 0 Å². The topological polar surface area (TPSA) is 40.5 Å². The number of aliphatic carboxylic acids is 1. The molecule has 2 fully saturated rings. The molecule has 0 radical (unpaired) electrons. The van der Waals surface area contributed by atoms with Crippen LogP contribution in [0.1, 0.15) is 33.1 Å². The lowest BCUT2D eigenvalue weighted by molar-refractivity contribution is -0.144. The zero-order chi connectivity index (χ0) is 10.3. The van der Waals surface area contributed by atoms with Gasteiger partial charge in [-0.3, -0.25) is 9.69 Å². The van der Waals surface area contributed by atoms with Crippen molar-refractivity contribution in [3.8, 4) is 0 Å². The molecule has 0 amide bonds. The van der Waals surface area contributed by atoms with E-state index in [0.717, 1.165) is 25.8 Å². The van der Waals surface area contributed by atoms with Gasteiger partial charge in [0.15, 0.2) is 0 Å². The first-order chi connectivity index (χ1) is 6.59. The van der Waals surface area contributed by atoms with Gasteiger partial charge in [0, 0.05) is 12.6 Å². The second-order valence-corrected chi connectivity index (χ2v) is 5.01. The molecule has 1 heterocycles. The molecule has 1 N–H and O–H groups in total. The van der Waals surface area contributed by atoms with Crippen molar-refractivity contribution in [2.45, 2.75) is 45.2 Å². The van der Waals surface area contributed by atoms with Crippen molar-refractivity contribution in [2.75, 3.05) is 6.54 Å². The van der Waals surface area contributed by atoms with E-state index in [1.807, 2.05) is 0 Å². The fourth-order valence-electron chi connectivity index (χ4n) is 2.75. The summed E-state index contributed by atoms with van der Waals surface area (Å²) in [4.78, 5) is 13.4. The van der Waals surface area contributed by atoms with Gasteiger partial charge >= 0.3 is 5.97 Å². The van der Waals surface area contributed by atoms with Crippen LogP contribution < -0.4 is 0 Å². The lowest BCUT2D eigenvalue weighted by atomic mass is 10.1. The molecule has 0 bridgehead atoms. The van der Waals surface area contributed by atoms with Gasteiger partial charge in [-0.25, -0.2) is 0 Å². The largest absolute Gasteiger partial charge is 0.480 e. The summed E-state index contributed by atoms with van der Waals surface area (Å²) in [6.45, 7) is 5.33. The Morgan fingerprint density at radius 3 is 2.43 bits per heavy atom. The van der Waals surface area contributed by atoms with Crippen LogP contribution in [-0.2, 0) is 4.79 Å². The van der Waals surface area contributed by atoms with Crippen LogP contribution in [0, 0.1) is 11.8 Å². The first kappa shape index (κ1) is 9.97. The van der Waals surface area contributed by atoms with Gasteiger partial charge in [-0.15, -0.1) is 0 Å². The van der Waals surface area contributed by atoms with Crippen LogP contribution in [0.25, 0.3) is 0 Å². The van der Waals surface area contributed by atoms with Crippen molar-refractivity contribution >= 4 is 5.97 Å². The number of hydrogen-bond acceptors (Lipinski definition) is 2. The predicted octanol–water partition coefficient (Wildman–Crippen LogP) is 1.58. The van der Waals surface area contributed by atoms with E-state index < -0.39 is 5.97 Å². The van der Waals surface area contributed by atoms with Gasteiger partial charge in [0.05, 0.1) is 0 Å². The Kier molecular flexibility index (Phi) is 2.52. The quantitative estimate of drug-likeness (QED) is 0.746. The van der Waals surface area contributed by atoms with E-state index in [0.29, 0.717) is 17.9 Å². The molecule has 0 aromatic heterocycles. The Hall–Kier alpha value is -0.570. The summed E-state index contributed by atoms with van der Waals surface area (Å²) in [7, 11) is 0. The lowest BCUT2D eigenvalue weighted by Crippen LogP contribution is -2.44. The zero-order valence-electron chi connectivity index (χ0n) is 8.94. The summed E-state index contributed by atoms with van der Waals surface area (Å²) >= 11 is 0. The van der Waals surface area contributed by atoms with E-state index in [9.17, 15) is 9.90 Å². The first-order valence-electron chi connectivity index (χ1n) is 5.58. The third-order valence-corrected chi connectivity index (χ3v) is 3.51. The molecule has 2 aliphatic rings. The van der Waals surface area contributed by atoms with Crippen LogP contribution in [0.3, 0.4) is 0 Å². The van der Waals surface area contributed by atoms with Crippen LogP contribution in [0.4, 0.5) is 0 Å². The highest BCUT2D eigenvalue weighted by molar-refractivity contribution is 5.74. The molecule has 3 heteroatoms. The number of hydrogen-bond donors (Lipinski definition) is 1. The molecule has 1 aliphatic carbocycles. The van der Waals surface area contributed by atoms with Crippen molar-refractivity contribution in [1.82, 2.24) is 4.90 Å². The minimum atomic E-state index is -0.617. The lowest BCUT2D eigenvalue weighted by Gasteiger charge is -2.28. The van der Waals surface area contributed by atoms with E-state index in [2.05, 4.69) is 18.7 Å². The summed E-state index contributed by atoms with van der Waals surface area (Å²) in [5, 5.41) is 9.21. The minimum absolute atomic E-state index is 0.199. The Bertz CT molecular complexity index is 237. The second kappa shape index (κ2) is 3.54. The normalized spacial score (nSPS) is 35.9. The Labute approximate surface area is 85.1 Å². The number of carboxylic acids is 1. The molecule has 3 atom stereocenters. The van der Waals surface area contributed by atoms with Crippen molar-refractivity contribution in [3.63, 3.8) is 0 Å². The summed E-state index contributed by atoms with van der Waals surface area (Å²) in [5.41, 5.74) is 0. The molecule has 3 unspecified atom stereocenters. The Morgan fingerprint density at radius 2 is 2.07 bits per heavy atom. The SMILES string of the molecule is CC1CC(C)N(C(C(=O)O)C2CC2)C1. The highest BCUT2D eigenvalue weighted by Gasteiger charge is 2.44. The second-order valence-electron chi connectivity index (χ2n) is 5.01. The fourth-order valence-corrected chi connectivity index (χ4v) is 2.75. The van der Waals surface area contributed by atoms with Crippen molar-refractivity contribution in [2.24, 2.45) is 11.8 Å². The van der Waals surface area contributed by atoms with Crippen LogP contribution in [0.15, 0.2) is 0 Å².